The van der Waals surface area contributed by atoms with Crippen molar-refractivity contribution in [2.45, 2.75) is 26.2 Å². The summed E-state index contributed by atoms with van der Waals surface area (Å²) in [6.07, 6.45) is 3.76. The van der Waals surface area contributed by atoms with E-state index in [-0.39, 0.29) is 11.5 Å². The van der Waals surface area contributed by atoms with Crippen molar-refractivity contribution < 1.29 is 14.3 Å². The summed E-state index contributed by atoms with van der Waals surface area (Å²) in [6.45, 7) is 2.06. The van der Waals surface area contributed by atoms with E-state index in [1.165, 1.54) is 16.7 Å². The molecule has 7 heteroatoms. The molecule has 25 heavy (non-hydrogen) atoms. The molecule has 3 rings (SSSR count). The number of pyridine rings is 1. The molecule has 0 atom stereocenters. The number of carbonyl (C=O) groups is 1. The second kappa shape index (κ2) is 7.25. The average molecular weight is 470 g/mol. The first-order valence-corrected chi connectivity index (χ1v) is 9.40. The van der Waals surface area contributed by atoms with E-state index in [4.69, 9.17) is 0 Å². The van der Waals surface area contributed by atoms with Crippen LogP contribution in [-0.4, -0.2) is 20.3 Å². The van der Waals surface area contributed by atoms with Gasteiger partial charge in [-0.15, -0.1) is 0 Å². The molecular weight excluding hydrogens is 455 g/mol. The Morgan fingerprint density at radius 1 is 1.28 bits per heavy atom. The molecule has 0 aliphatic heterocycles. The fraction of sp³-hybridized carbons (Fsp3) is 0.222. The topological polar surface area (TPSA) is 54.6 Å². The van der Waals surface area contributed by atoms with Crippen LogP contribution in [-0.2, 0) is 6.42 Å². The minimum atomic E-state index is -0.436. The van der Waals surface area contributed by atoms with Crippen molar-refractivity contribution in [2.24, 2.45) is 0 Å². The van der Waals surface area contributed by atoms with Gasteiger partial charge in [-0.1, -0.05) is 13.3 Å². The number of hydrogen-bond acceptors (Lipinski definition) is 3. The number of unbranched alkanes of at least 4 members (excludes halogenated alkanes) is 1. The Hall–Kier alpha value is -1.73. The van der Waals surface area contributed by atoms with E-state index in [2.05, 4.69) is 43.8 Å². The van der Waals surface area contributed by atoms with Gasteiger partial charge >= 0.3 is 0 Å². The van der Waals surface area contributed by atoms with Crippen LogP contribution in [0.2, 0.25) is 0 Å². The largest absolute Gasteiger partial charge is 0.506 e. The summed E-state index contributed by atoms with van der Waals surface area (Å²) >= 11 is 6.47. The van der Waals surface area contributed by atoms with Crippen LogP contribution in [0.1, 0.15) is 41.5 Å². The summed E-state index contributed by atoms with van der Waals surface area (Å²) in [4.78, 5) is 17.6. The summed E-state index contributed by atoms with van der Waals surface area (Å²) in [5, 5.41) is 9.85. The molecule has 0 fully saturated rings. The highest BCUT2D eigenvalue weighted by atomic mass is 79.9. The SMILES string of the molecule is CCCCc1nc2ccc(F)cn2c1C(=O)c1cc(Br)c(O)c(Br)c1. The minimum absolute atomic E-state index is 0.0203. The van der Waals surface area contributed by atoms with Gasteiger partial charge in [0.15, 0.2) is 0 Å². The molecule has 0 aliphatic carbocycles. The van der Waals surface area contributed by atoms with Gasteiger partial charge in [0, 0.05) is 11.8 Å². The van der Waals surface area contributed by atoms with Crippen molar-refractivity contribution in [3.05, 3.63) is 62.2 Å². The Labute approximate surface area is 161 Å². The van der Waals surface area contributed by atoms with Crippen molar-refractivity contribution in [3.63, 3.8) is 0 Å². The summed E-state index contributed by atoms with van der Waals surface area (Å²) in [5.74, 6) is -0.688. The lowest BCUT2D eigenvalue weighted by molar-refractivity contribution is 0.103. The van der Waals surface area contributed by atoms with E-state index in [0.29, 0.717) is 38.0 Å². The van der Waals surface area contributed by atoms with Crippen LogP contribution in [0.25, 0.3) is 5.65 Å². The first-order chi connectivity index (χ1) is 11.9. The van der Waals surface area contributed by atoms with E-state index in [9.17, 15) is 14.3 Å². The van der Waals surface area contributed by atoms with Crippen molar-refractivity contribution in [1.82, 2.24) is 9.38 Å². The number of imidazole rings is 1. The summed E-state index contributed by atoms with van der Waals surface area (Å²) in [5.41, 5.74) is 1.92. The van der Waals surface area contributed by atoms with E-state index < -0.39 is 5.82 Å². The number of aromatic hydroxyl groups is 1. The lowest BCUT2D eigenvalue weighted by Gasteiger charge is -2.07. The summed E-state index contributed by atoms with van der Waals surface area (Å²) < 4.78 is 16.0. The van der Waals surface area contributed by atoms with E-state index in [1.807, 2.05) is 0 Å². The smallest absolute Gasteiger partial charge is 0.211 e. The van der Waals surface area contributed by atoms with Crippen LogP contribution in [0.4, 0.5) is 4.39 Å². The molecule has 0 spiro atoms. The van der Waals surface area contributed by atoms with Crippen LogP contribution in [0.5, 0.6) is 5.75 Å². The molecule has 4 nitrogen and oxygen atoms in total. The predicted octanol–water partition coefficient (Wildman–Crippen LogP) is 5.28. The first-order valence-electron chi connectivity index (χ1n) is 7.81. The number of aryl methyl sites for hydroxylation is 1. The average Bonchev–Trinajstić information content (AvgIpc) is 2.94. The Balaban J connectivity index is 2.18. The zero-order valence-electron chi connectivity index (χ0n) is 13.4. The van der Waals surface area contributed by atoms with Gasteiger partial charge in [-0.05, 0) is 69.0 Å². The standard InChI is InChI=1S/C18H15Br2FN2O2/c1-2-3-4-14-16(23-9-11(21)5-6-15(23)22-14)17(24)10-7-12(19)18(25)13(20)8-10/h5-9,25H,2-4H2,1H3. The molecule has 3 aromatic rings. The second-order valence-corrected chi connectivity index (χ2v) is 7.41. The maximum Gasteiger partial charge on any atom is 0.211 e. The number of hydrogen-bond donors (Lipinski definition) is 1. The van der Waals surface area contributed by atoms with Crippen LogP contribution >= 0.6 is 31.9 Å². The van der Waals surface area contributed by atoms with E-state index >= 15 is 0 Å². The second-order valence-electron chi connectivity index (χ2n) is 5.70. The van der Waals surface area contributed by atoms with Gasteiger partial charge in [0.2, 0.25) is 5.78 Å². The lowest BCUT2D eigenvalue weighted by atomic mass is 10.0. The first kappa shape index (κ1) is 18.1. The van der Waals surface area contributed by atoms with Gasteiger partial charge in [0.05, 0.1) is 14.6 Å². The van der Waals surface area contributed by atoms with E-state index in [1.54, 1.807) is 18.2 Å². The van der Waals surface area contributed by atoms with Crippen molar-refractivity contribution in [2.75, 3.05) is 0 Å². The Morgan fingerprint density at radius 2 is 1.96 bits per heavy atom. The van der Waals surface area contributed by atoms with Crippen LogP contribution in [0.3, 0.4) is 0 Å². The number of phenols is 1. The molecule has 0 amide bonds. The highest BCUT2D eigenvalue weighted by Gasteiger charge is 2.22. The molecule has 2 heterocycles. The zero-order valence-corrected chi connectivity index (χ0v) is 16.6. The molecule has 0 unspecified atom stereocenters. The number of halogens is 3. The summed E-state index contributed by atoms with van der Waals surface area (Å²) in [6, 6.07) is 5.98. The van der Waals surface area contributed by atoms with Crippen molar-refractivity contribution in [3.8, 4) is 5.75 Å². The third kappa shape index (κ3) is 3.48. The quantitative estimate of drug-likeness (QED) is 0.517. The monoisotopic (exact) mass is 468 g/mol. The highest BCUT2D eigenvalue weighted by Crippen LogP contribution is 2.34. The van der Waals surface area contributed by atoms with Crippen molar-refractivity contribution >= 4 is 43.3 Å². The molecule has 0 bridgehead atoms. The van der Waals surface area contributed by atoms with Gasteiger partial charge in [-0.2, -0.15) is 0 Å². The molecule has 0 saturated heterocycles. The maximum atomic E-state index is 13.7. The number of phenolic OH excluding ortho intramolecular Hbond substituents is 1. The zero-order chi connectivity index (χ0) is 18.1. The fourth-order valence-electron chi connectivity index (χ4n) is 2.66. The van der Waals surface area contributed by atoms with Crippen molar-refractivity contribution in [1.29, 1.82) is 0 Å². The number of ketones is 1. The molecule has 0 radical (unpaired) electrons. The van der Waals surface area contributed by atoms with Gasteiger partial charge in [-0.3, -0.25) is 9.20 Å². The Morgan fingerprint density at radius 3 is 2.60 bits per heavy atom. The number of carbonyl (C=O) groups excluding carboxylic acids is 1. The predicted molar refractivity (Wildman–Crippen MR) is 101 cm³/mol. The van der Waals surface area contributed by atoms with E-state index in [0.717, 1.165) is 12.8 Å². The Kier molecular flexibility index (Phi) is 5.24. The molecular formula is C18H15Br2FN2O2. The minimum Gasteiger partial charge on any atom is -0.506 e. The number of aromatic nitrogens is 2. The van der Waals surface area contributed by atoms with Gasteiger partial charge in [0.1, 0.15) is 22.9 Å². The highest BCUT2D eigenvalue weighted by molar-refractivity contribution is 9.11. The van der Waals surface area contributed by atoms with Gasteiger partial charge in [-0.25, -0.2) is 9.37 Å². The molecule has 1 N–H and O–H groups in total. The molecule has 2 aromatic heterocycles. The molecule has 0 aliphatic rings. The lowest BCUT2D eigenvalue weighted by Crippen LogP contribution is -2.09. The van der Waals surface area contributed by atoms with Gasteiger partial charge in [0.25, 0.3) is 0 Å². The third-order valence-corrected chi connectivity index (χ3v) is 5.12. The number of rotatable bonds is 5. The summed E-state index contributed by atoms with van der Waals surface area (Å²) in [7, 11) is 0. The van der Waals surface area contributed by atoms with Crippen LogP contribution in [0, 0.1) is 5.82 Å². The molecule has 130 valence electrons. The fourth-order valence-corrected chi connectivity index (χ4v) is 3.85. The maximum absolute atomic E-state index is 13.7. The van der Waals surface area contributed by atoms with Crippen LogP contribution < -0.4 is 0 Å². The van der Waals surface area contributed by atoms with Gasteiger partial charge < -0.3 is 5.11 Å². The number of nitrogens with zero attached hydrogens (tertiary/aromatic N) is 2. The van der Waals surface area contributed by atoms with Crippen LogP contribution in [0.15, 0.2) is 39.4 Å². The third-order valence-electron chi connectivity index (χ3n) is 3.92. The molecule has 0 saturated carbocycles. The number of benzene rings is 1. The Bertz CT molecular complexity index is 946. The molecule has 1 aromatic carbocycles. The number of fused-ring (bicyclic) bond motifs is 1. The normalized spacial score (nSPS) is 11.2.